The van der Waals surface area contributed by atoms with Gasteiger partial charge in [-0.1, -0.05) is 5.21 Å². The third-order valence-corrected chi connectivity index (χ3v) is 3.98. The molecular weight excluding hydrogens is 306 g/mol. The highest BCUT2D eigenvalue weighted by Crippen LogP contribution is 2.14. The molecule has 0 aliphatic carbocycles. The van der Waals surface area contributed by atoms with Crippen molar-refractivity contribution in [3.63, 3.8) is 0 Å². The molecule has 3 rings (SSSR count). The molecule has 8 nitrogen and oxygen atoms in total. The van der Waals surface area contributed by atoms with Gasteiger partial charge in [0.25, 0.3) is 0 Å². The molecule has 9 heteroatoms. The van der Waals surface area contributed by atoms with Crippen LogP contribution in [0.2, 0.25) is 0 Å². The predicted octanol–water partition coefficient (Wildman–Crippen LogP) is 0.225. The number of amides is 1. The van der Waals surface area contributed by atoms with Crippen LogP contribution >= 0.6 is 11.3 Å². The second-order valence-corrected chi connectivity index (χ2v) is 5.69. The lowest BCUT2D eigenvalue weighted by molar-refractivity contribution is -0.127. The van der Waals surface area contributed by atoms with E-state index in [1.54, 1.807) is 11.7 Å². The van der Waals surface area contributed by atoms with E-state index in [1.165, 1.54) is 22.2 Å². The van der Waals surface area contributed by atoms with Crippen LogP contribution in [0.15, 0.2) is 23.3 Å². The van der Waals surface area contributed by atoms with Crippen LogP contribution in [0.4, 0.5) is 0 Å². The normalized spacial score (nSPS) is 21.6. The topological polar surface area (TPSA) is 91.2 Å². The van der Waals surface area contributed by atoms with Gasteiger partial charge in [0.15, 0.2) is 0 Å². The van der Waals surface area contributed by atoms with E-state index in [0.29, 0.717) is 19.8 Å². The van der Waals surface area contributed by atoms with Crippen molar-refractivity contribution in [2.45, 2.75) is 31.7 Å². The van der Waals surface area contributed by atoms with Crippen LogP contribution in [0, 0.1) is 0 Å². The minimum Gasteiger partial charge on any atom is -0.379 e. The second kappa shape index (κ2) is 7.43. The van der Waals surface area contributed by atoms with E-state index in [0.717, 1.165) is 12.1 Å². The van der Waals surface area contributed by atoms with Crippen molar-refractivity contribution in [2.75, 3.05) is 13.2 Å². The van der Waals surface area contributed by atoms with Gasteiger partial charge in [0, 0.05) is 18.2 Å². The lowest BCUT2D eigenvalue weighted by atomic mass is 10.1. The minimum atomic E-state index is -0.164. The highest BCUT2D eigenvalue weighted by atomic mass is 32.1. The molecule has 1 aliphatic rings. The van der Waals surface area contributed by atoms with E-state index in [-0.39, 0.29) is 24.6 Å². The molecule has 0 spiro atoms. The number of ether oxygens (including phenoxy) is 2. The van der Waals surface area contributed by atoms with Gasteiger partial charge in [0.2, 0.25) is 5.91 Å². The van der Waals surface area contributed by atoms with Crippen molar-refractivity contribution in [1.29, 1.82) is 0 Å². The number of nitrogens with zero attached hydrogens (tertiary/aromatic N) is 4. The molecule has 0 radical (unpaired) electrons. The van der Waals surface area contributed by atoms with Gasteiger partial charge in [-0.3, -0.25) is 4.79 Å². The summed E-state index contributed by atoms with van der Waals surface area (Å²) in [7, 11) is 0. The maximum atomic E-state index is 12.0. The number of hydrogen-bond donors (Lipinski definition) is 1. The van der Waals surface area contributed by atoms with Crippen molar-refractivity contribution in [1.82, 2.24) is 25.3 Å². The maximum absolute atomic E-state index is 12.0. The Hall–Kier alpha value is -1.84. The van der Waals surface area contributed by atoms with Crippen LogP contribution in [-0.2, 0) is 27.4 Å². The molecule has 0 bridgehead atoms. The first-order chi connectivity index (χ1) is 10.8. The standard InChI is InChI=1S/C13H17N5O3S/c19-13(5-18-3-2-15-17-18)16-11-7-20-4-1-12(11)21-6-10-8-22-9-14-10/h2-3,8-9,11-12H,1,4-7H2,(H,16,19)/t11-,12+/m1/s1. The second-order valence-electron chi connectivity index (χ2n) is 4.97. The third-order valence-electron chi connectivity index (χ3n) is 3.35. The Morgan fingerprint density at radius 1 is 1.59 bits per heavy atom. The summed E-state index contributed by atoms with van der Waals surface area (Å²) in [6, 6.07) is -0.164. The van der Waals surface area contributed by atoms with Gasteiger partial charge >= 0.3 is 0 Å². The van der Waals surface area contributed by atoms with Crippen molar-refractivity contribution in [2.24, 2.45) is 0 Å². The molecule has 1 N–H and O–H groups in total. The van der Waals surface area contributed by atoms with Gasteiger partial charge < -0.3 is 14.8 Å². The summed E-state index contributed by atoms with van der Waals surface area (Å²) in [5.41, 5.74) is 2.68. The highest BCUT2D eigenvalue weighted by molar-refractivity contribution is 7.07. The van der Waals surface area contributed by atoms with Crippen LogP contribution < -0.4 is 5.32 Å². The smallest absolute Gasteiger partial charge is 0.242 e. The van der Waals surface area contributed by atoms with Gasteiger partial charge in [-0.05, 0) is 6.42 Å². The Morgan fingerprint density at radius 3 is 3.32 bits per heavy atom. The van der Waals surface area contributed by atoms with Crippen LogP contribution in [0.3, 0.4) is 0 Å². The average Bonchev–Trinajstić information content (AvgIpc) is 3.19. The molecule has 0 saturated carbocycles. The fourth-order valence-corrected chi connectivity index (χ4v) is 2.81. The monoisotopic (exact) mass is 323 g/mol. The van der Waals surface area contributed by atoms with Gasteiger partial charge in [0.1, 0.15) is 6.54 Å². The first kappa shape index (κ1) is 15.1. The van der Waals surface area contributed by atoms with Gasteiger partial charge in [-0.25, -0.2) is 9.67 Å². The zero-order valence-corrected chi connectivity index (χ0v) is 12.7. The number of thiazole rings is 1. The largest absolute Gasteiger partial charge is 0.379 e. The number of carbonyl (C=O) groups excluding carboxylic acids is 1. The van der Waals surface area contributed by atoms with Crippen LogP contribution in [-0.4, -0.2) is 51.2 Å². The Morgan fingerprint density at radius 2 is 2.55 bits per heavy atom. The van der Waals surface area contributed by atoms with Gasteiger partial charge in [0.05, 0.1) is 42.8 Å². The average molecular weight is 323 g/mol. The Balaban J connectivity index is 1.51. The van der Waals surface area contributed by atoms with E-state index in [2.05, 4.69) is 20.6 Å². The fourth-order valence-electron chi connectivity index (χ4n) is 2.27. The van der Waals surface area contributed by atoms with Crippen molar-refractivity contribution in [3.8, 4) is 0 Å². The maximum Gasteiger partial charge on any atom is 0.242 e. The van der Waals surface area contributed by atoms with Crippen molar-refractivity contribution < 1.29 is 14.3 Å². The molecule has 1 fully saturated rings. The molecule has 2 atom stereocenters. The Labute approximate surface area is 131 Å². The lowest BCUT2D eigenvalue weighted by Gasteiger charge is -2.31. The molecule has 3 heterocycles. The number of carbonyl (C=O) groups is 1. The molecule has 22 heavy (non-hydrogen) atoms. The molecule has 1 aliphatic heterocycles. The summed E-state index contributed by atoms with van der Waals surface area (Å²) in [6.07, 6.45) is 3.86. The molecule has 0 unspecified atom stereocenters. The number of rotatable bonds is 6. The zero-order valence-electron chi connectivity index (χ0n) is 11.9. The fraction of sp³-hybridized carbons (Fsp3) is 0.538. The van der Waals surface area contributed by atoms with E-state index in [4.69, 9.17) is 9.47 Å². The van der Waals surface area contributed by atoms with Gasteiger partial charge in [-0.15, -0.1) is 16.4 Å². The lowest BCUT2D eigenvalue weighted by Crippen LogP contribution is -2.51. The molecule has 118 valence electrons. The Bertz CT molecular complexity index is 575. The summed E-state index contributed by atoms with van der Waals surface area (Å²) < 4.78 is 12.8. The molecule has 1 saturated heterocycles. The Kier molecular flexibility index (Phi) is 5.09. The van der Waals surface area contributed by atoms with E-state index >= 15 is 0 Å². The number of nitrogens with one attached hydrogen (secondary N) is 1. The van der Waals surface area contributed by atoms with E-state index in [9.17, 15) is 4.79 Å². The summed E-state index contributed by atoms with van der Waals surface area (Å²) in [4.78, 5) is 16.2. The zero-order chi connectivity index (χ0) is 15.2. The van der Waals surface area contributed by atoms with Crippen molar-refractivity contribution >= 4 is 17.2 Å². The number of hydrogen-bond acceptors (Lipinski definition) is 7. The molecule has 1 amide bonds. The molecular formula is C13H17N5O3S. The third kappa shape index (κ3) is 4.09. The number of aromatic nitrogens is 4. The SMILES string of the molecule is O=C(Cn1ccnn1)N[C@@H]1COCC[C@@H]1OCc1cscn1. The van der Waals surface area contributed by atoms with E-state index in [1.807, 2.05) is 5.38 Å². The quantitative estimate of drug-likeness (QED) is 0.818. The van der Waals surface area contributed by atoms with Crippen LogP contribution in [0.1, 0.15) is 12.1 Å². The summed E-state index contributed by atoms with van der Waals surface area (Å²) in [5.74, 6) is -0.136. The summed E-state index contributed by atoms with van der Waals surface area (Å²) in [5, 5.41) is 12.3. The predicted molar refractivity (Wildman–Crippen MR) is 78.1 cm³/mol. The minimum absolute atomic E-state index is 0.0739. The van der Waals surface area contributed by atoms with Crippen LogP contribution in [0.5, 0.6) is 0 Å². The van der Waals surface area contributed by atoms with Crippen molar-refractivity contribution in [3.05, 3.63) is 29.0 Å². The summed E-state index contributed by atoms with van der Waals surface area (Å²) >= 11 is 1.54. The van der Waals surface area contributed by atoms with Crippen LogP contribution in [0.25, 0.3) is 0 Å². The molecule has 2 aromatic rings. The summed E-state index contributed by atoms with van der Waals surface area (Å²) in [6.45, 7) is 1.67. The molecule has 0 aromatic carbocycles. The van der Waals surface area contributed by atoms with Gasteiger partial charge in [-0.2, -0.15) is 0 Å². The molecule has 2 aromatic heterocycles. The highest BCUT2D eigenvalue weighted by Gasteiger charge is 2.28. The first-order valence-electron chi connectivity index (χ1n) is 7.01. The van der Waals surface area contributed by atoms with E-state index < -0.39 is 0 Å². The first-order valence-corrected chi connectivity index (χ1v) is 7.95.